The first kappa shape index (κ1) is 16.8. The van der Waals surface area contributed by atoms with E-state index in [1.165, 1.54) is 12.1 Å². The molecule has 0 spiro atoms. The molecule has 7 heteroatoms. The first-order chi connectivity index (χ1) is 8.97. The van der Waals surface area contributed by atoms with E-state index in [1.807, 2.05) is 6.92 Å². The minimum Gasteiger partial charge on any atom is -0.328 e. The van der Waals surface area contributed by atoms with E-state index >= 15 is 0 Å². The maximum atomic E-state index is 13.2. The summed E-state index contributed by atoms with van der Waals surface area (Å²) in [6.07, 6.45) is 0.987. The molecule has 0 saturated carbocycles. The van der Waals surface area contributed by atoms with E-state index in [0.29, 0.717) is 18.0 Å². The predicted octanol–water partition coefficient (Wildman–Crippen LogP) is 2.32. The smallest absolute Gasteiger partial charge is 0.274 e. The van der Waals surface area contributed by atoms with Crippen LogP contribution in [0.15, 0.2) is 18.2 Å². The minimum atomic E-state index is -0.464. The Hall–Kier alpha value is -1.24. The van der Waals surface area contributed by atoms with Crippen LogP contribution in [0.25, 0.3) is 0 Å². The third kappa shape index (κ3) is 3.88. The van der Waals surface area contributed by atoms with Gasteiger partial charge in [-0.15, -0.1) is 12.4 Å². The molecule has 2 N–H and O–H groups in total. The molecule has 0 aromatic heterocycles. The number of halogens is 2. The van der Waals surface area contributed by atoms with Crippen molar-refractivity contribution in [1.29, 1.82) is 0 Å². The highest BCUT2D eigenvalue weighted by molar-refractivity contribution is 5.85. The molecule has 2 unspecified atom stereocenters. The minimum absolute atomic E-state index is 0. The second-order valence-electron chi connectivity index (χ2n) is 5.17. The summed E-state index contributed by atoms with van der Waals surface area (Å²) in [5, 5.41) is 10.9. The molecule has 1 aliphatic rings. The van der Waals surface area contributed by atoms with Crippen molar-refractivity contribution in [3.8, 4) is 0 Å². The van der Waals surface area contributed by atoms with Crippen molar-refractivity contribution in [3.05, 3.63) is 39.7 Å². The van der Waals surface area contributed by atoms with Crippen molar-refractivity contribution in [1.82, 2.24) is 4.90 Å². The van der Waals surface area contributed by atoms with Crippen LogP contribution in [0.1, 0.15) is 18.9 Å². The van der Waals surface area contributed by atoms with Gasteiger partial charge in [0.2, 0.25) is 0 Å². The average molecular weight is 304 g/mol. The van der Waals surface area contributed by atoms with Gasteiger partial charge in [-0.1, -0.05) is 0 Å². The summed E-state index contributed by atoms with van der Waals surface area (Å²) in [5.41, 5.74) is 6.26. The van der Waals surface area contributed by atoms with E-state index in [2.05, 4.69) is 4.90 Å². The zero-order valence-electron chi connectivity index (χ0n) is 11.3. The molecule has 0 bridgehead atoms. The van der Waals surface area contributed by atoms with Gasteiger partial charge < -0.3 is 5.73 Å². The summed E-state index contributed by atoms with van der Waals surface area (Å²) in [6, 6.07) is 3.71. The lowest BCUT2D eigenvalue weighted by Crippen LogP contribution is -2.29. The van der Waals surface area contributed by atoms with Gasteiger partial charge in [0.05, 0.1) is 4.92 Å². The lowest BCUT2D eigenvalue weighted by Gasteiger charge is -2.17. The molecule has 5 nitrogen and oxygen atoms in total. The van der Waals surface area contributed by atoms with Crippen molar-refractivity contribution in [2.24, 2.45) is 11.7 Å². The SMILES string of the molecule is CC(N)C1CCN(Cc2cc(F)ccc2[N+](=O)[O-])C1.Cl. The Morgan fingerprint density at radius 1 is 1.60 bits per heavy atom. The molecule has 1 fully saturated rings. The number of benzene rings is 1. The van der Waals surface area contributed by atoms with E-state index in [0.717, 1.165) is 25.6 Å². The van der Waals surface area contributed by atoms with Crippen LogP contribution in [0.4, 0.5) is 10.1 Å². The van der Waals surface area contributed by atoms with Gasteiger partial charge in [-0.3, -0.25) is 15.0 Å². The van der Waals surface area contributed by atoms with Gasteiger partial charge in [0.1, 0.15) is 5.82 Å². The molecule has 1 heterocycles. The van der Waals surface area contributed by atoms with Gasteiger partial charge in [0.15, 0.2) is 0 Å². The first-order valence-electron chi connectivity index (χ1n) is 6.38. The fourth-order valence-electron chi connectivity index (χ4n) is 2.54. The van der Waals surface area contributed by atoms with E-state index < -0.39 is 10.7 Å². The van der Waals surface area contributed by atoms with Crippen LogP contribution in [0.3, 0.4) is 0 Å². The molecule has 0 amide bonds. The predicted molar refractivity (Wildman–Crippen MR) is 77.3 cm³/mol. The Labute approximate surface area is 123 Å². The number of nitro groups is 1. The summed E-state index contributed by atoms with van der Waals surface area (Å²) in [7, 11) is 0. The standard InChI is InChI=1S/C13H18FN3O2.ClH/c1-9(15)10-4-5-16(7-10)8-11-6-12(14)2-3-13(11)17(18)19;/h2-3,6,9-10H,4-5,7-8,15H2,1H3;1H. The van der Waals surface area contributed by atoms with Gasteiger partial charge >= 0.3 is 0 Å². The van der Waals surface area contributed by atoms with E-state index in [9.17, 15) is 14.5 Å². The maximum absolute atomic E-state index is 13.2. The normalized spacial score (nSPS) is 20.4. The molecule has 1 aromatic carbocycles. The van der Waals surface area contributed by atoms with Gasteiger partial charge in [-0.05, 0) is 37.9 Å². The third-order valence-electron chi connectivity index (χ3n) is 3.68. The number of rotatable bonds is 4. The maximum Gasteiger partial charge on any atom is 0.274 e. The molecule has 1 aromatic rings. The molecule has 2 rings (SSSR count). The fraction of sp³-hybridized carbons (Fsp3) is 0.538. The van der Waals surface area contributed by atoms with E-state index in [-0.39, 0.29) is 24.1 Å². The number of nitro benzene ring substituents is 1. The number of hydrogen-bond donors (Lipinski definition) is 1. The van der Waals surface area contributed by atoms with E-state index in [4.69, 9.17) is 5.73 Å². The molecule has 0 aliphatic carbocycles. The second-order valence-corrected chi connectivity index (χ2v) is 5.17. The number of nitrogens with zero attached hydrogens (tertiary/aromatic N) is 2. The Morgan fingerprint density at radius 2 is 2.30 bits per heavy atom. The highest BCUT2D eigenvalue weighted by atomic mass is 35.5. The summed E-state index contributed by atoms with van der Waals surface area (Å²) >= 11 is 0. The Bertz CT molecular complexity index is 485. The lowest BCUT2D eigenvalue weighted by atomic mass is 10.0. The van der Waals surface area contributed by atoms with Crippen LogP contribution in [0.2, 0.25) is 0 Å². The van der Waals surface area contributed by atoms with Crippen molar-refractivity contribution in [2.75, 3.05) is 13.1 Å². The first-order valence-corrected chi connectivity index (χ1v) is 6.38. The summed E-state index contributed by atoms with van der Waals surface area (Å²) in [4.78, 5) is 12.6. The summed E-state index contributed by atoms with van der Waals surface area (Å²) in [6.45, 7) is 4.03. The Morgan fingerprint density at radius 3 is 2.85 bits per heavy atom. The monoisotopic (exact) mass is 303 g/mol. The van der Waals surface area contributed by atoms with Crippen LogP contribution in [-0.2, 0) is 6.54 Å². The second kappa shape index (κ2) is 6.97. The van der Waals surface area contributed by atoms with Crippen LogP contribution in [0.5, 0.6) is 0 Å². The average Bonchev–Trinajstić information content (AvgIpc) is 2.77. The van der Waals surface area contributed by atoms with Crippen molar-refractivity contribution < 1.29 is 9.31 Å². The van der Waals surface area contributed by atoms with E-state index in [1.54, 1.807) is 0 Å². The summed E-state index contributed by atoms with van der Waals surface area (Å²) < 4.78 is 13.2. The van der Waals surface area contributed by atoms with Gasteiger partial charge in [0.25, 0.3) is 5.69 Å². The van der Waals surface area contributed by atoms with Crippen molar-refractivity contribution >= 4 is 18.1 Å². The molecule has 20 heavy (non-hydrogen) atoms. The molecular weight excluding hydrogens is 285 g/mol. The number of nitrogens with two attached hydrogens (primary N) is 1. The highest BCUT2D eigenvalue weighted by Gasteiger charge is 2.27. The zero-order chi connectivity index (χ0) is 14.0. The third-order valence-corrected chi connectivity index (χ3v) is 3.68. The molecule has 112 valence electrons. The van der Waals surface area contributed by atoms with Gasteiger partial charge in [0, 0.05) is 30.8 Å². The highest BCUT2D eigenvalue weighted by Crippen LogP contribution is 2.25. The fourth-order valence-corrected chi connectivity index (χ4v) is 2.54. The van der Waals surface area contributed by atoms with Gasteiger partial charge in [-0.2, -0.15) is 0 Å². The summed E-state index contributed by atoms with van der Waals surface area (Å²) in [5.74, 6) is -0.0313. The quantitative estimate of drug-likeness (QED) is 0.684. The molecule has 0 radical (unpaired) electrons. The van der Waals surface area contributed by atoms with Crippen LogP contribution < -0.4 is 5.73 Å². The van der Waals surface area contributed by atoms with Gasteiger partial charge in [-0.25, -0.2) is 4.39 Å². The Balaban J connectivity index is 0.00000200. The number of hydrogen-bond acceptors (Lipinski definition) is 4. The van der Waals surface area contributed by atoms with Crippen LogP contribution in [-0.4, -0.2) is 29.0 Å². The zero-order valence-corrected chi connectivity index (χ0v) is 12.1. The molecule has 2 atom stereocenters. The topological polar surface area (TPSA) is 72.4 Å². The van der Waals surface area contributed by atoms with Crippen LogP contribution in [0, 0.1) is 21.8 Å². The molecule has 1 saturated heterocycles. The van der Waals surface area contributed by atoms with Crippen LogP contribution >= 0.6 is 12.4 Å². The molecular formula is C13H19ClFN3O2. The van der Waals surface area contributed by atoms with Crippen molar-refractivity contribution in [2.45, 2.75) is 25.9 Å². The largest absolute Gasteiger partial charge is 0.328 e. The van der Waals surface area contributed by atoms with Crippen molar-refractivity contribution in [3.63, 3.8) is 0 Å². The lowest BCUT2D eigenvalue weighted by molar-refractivity contribution is -0.385. The number of likely N-dealkylation sites (tertiary alicyclic amines) is 1. The molecule has 1 aliphatic heterocycles. The Kier molecular flexibility index (Phi) is 5.86.